The molecule has 0 bridgehead atoms. The number of rotatable bonds is 4. The van der Waals surface area contributed by atoms with E-state index >= 15 is 0 Å². The maximum absolute atomic E-state index is 13.2. The summed E-state index contributed by atoms with van der Waals surface area (Å²) < 4.78 is 64.3. The molecule has 0 unspecified atom stereocenters. The van der Waals surface area contributed by atoms with Crippen molar-refractivity contribution in [2.75, 3.05) is 13.1 Å². The molecule has 0 aliphatic carbocycles. The Labute approximate surface area is 174 Å². The van der Waals surface area contributed by atoms with Crippen molar-refractivity contribution in [2.45, 2.75) is 42.5 Å². The van der Waals surface area contributed by atoms with Gasteiger partial charge in [0.25, 0.3) is 5.91 Å². The van der Waals surface area contributed by atoms with Gasteiger partial charge < -0.3 is 4.90 Å². The second kappa shape index (κ2) is 8.06. The van der Waals surface area contributed by atoms with Crippen LogP contribution in [0.15, 0.2) is 59.5 Å². The predicted octanol–water partition coefficient (Wildman–Crippen LogP) is 4.81. The Hall–Kier alpha value is -2.35. The molecule has 1 aliphatic heterocycles. The highest BCUT2D eigenvalue weighted by atomic mass is 32.2. The summed E-state index contributed by atoms with van der Waals surface area (Å²) in [5.74, 6) is -0.385. The van der Waals surface area contributed by atoms with Gasteiger partial charge >= 0.3 is 6.18 Å². The lowest BCUT2D eigenvalue weighted by atomic mass is 9.85. The van der Waals surface area contributed by atoms with Gasteiger partial charge in [0.2, 0.25) is 0 Å². The molecule has 1 saturated heterocycles. The lowest BCUT2D eigenvalue weighted by Gasteiger charge is -2.40. The van der Waals surface area contributed by atoms with Crippen molar-refractivity contribution in [3.63, 3.8) is 0 Å². The highest BCUT2D eigenvalue weighted by Crippen LogP contribution is 2.39. The first kappa shape index (κ1) is 22.3. The smallest absolute Gasteiger partial charge is 0.339 e. The van der Waals surface area contributed by atoms with Crippen LogP contribution in [0.3, 0.4) is 0 Å². The van der Waals surface area contributed by atoms with E-state index in [1.54, 1.807) is 43.0 Å². The molecule has 1 aliphatic rings. The second-order valence-corrected chi connectivity index (χ2v) is 10.6. The van der Waals surface area contributed by atoms with Crippen LogP contribution in [0.2, 0.25) is 0 Å². The lowest BCUT2D eigenvalue weighted by Crippen LogP contribution is -2.47. The van der Waals surface area contributed by atoms with E-state index in [4.69, 9.17) is 0 Å². The van der Waals surface area contributed by atoms with E-state index in [0.717, 1.165) is 12.1 Å². The third kappa shape index (κ3) is 4.24. The summed E-state index contributed by atoms with van der Waals surface area (Å²) >= 11 is 0. The molecule has 0 spiro atoms. The Bertz CT molecular complexity index is 1010. The number of carbonyl (C=O) groups is 1. The SMILES string of the molecule is CC(C)(C1CCN(C(=O)c2ccccc2)CC1)S(=O)(=O)c1cccc(C(F)(F)F)c1. The monoisotopic (exact) mass is 439 g/mol. The molecule has 1 amide bonds. The zero-order valence-corrected chi connectivity index (χ0v) is 17.6. The van der Waals surface area contributed by atoms with Crippen molar-refractivity contribution in [3.05, 3.63) is 65.7 Å². The van der Waals surface area contributed by atoms with Gasteiger partial charge in [-0.25, -0.2) is 8.42 Å². The number of carbonyl (C=O) groups excluding carboxylic acids is 1. The van der Waals surface area contributed by atoms with Gasteiger partial charge in [-0.15, -0.1) is 0 Å². The highest BCUT2D eigenvalue weighted by Gasteiger charge is 2.45. The van der Waals surface area contributed by atoms with Crippen molar-refractivity contribution in [3.8, 4) is 0 Å². The molecule has 1 heterocycles. The molecule has 0 saturated carbocycles. The highest BCUT2D eigenvalue weighted by molar-refractivity contribution is 7.92. The Morgan fingerprint density at radius 2 is 1.57 bits per heavy atom. The van der Waals surface area contributed by atoms with Crippen LogP contribution in [0, 0.1) is 5.92 Å². The van der Waals surface area contributed by atoms with Crippen LogP contribution >= 0.6 is 0 Å². The summed E-state index contributed by atoms with van der Waals surface area (Å²) in [5.41, 5.74) is -0.408. The first-order chi connectivity index (χ1) is 13.9. The zero-order valence-electron chi connectivity index (χ0n) is 16.8. The fourth-order valence-electron chi connectivity index (χ4n) is 3.90. The summed E-state index contributed by atoms with van der Waals surface area (Å²) in [6, 6.07) is 12.7. The molecule has 0 N–H and O–H groups in total. The molecule has 2 aromatic carbocycles. The predicted molar refractivity (Wildman–Crippen MR) is 108 cm³/mol. The number of sulfone groups is 1. The molecule has 4 nitrogen and oxygen atoms in total. The van der Waals surface area contributed by atoms with Crippen LogP contribution in [-0.4, -0.2) is 37.1 Å². The van der Waals surface area contributed by atoms with E-state index in [9.17, 15) is 26.4 Å². The molecule has 0 radical (unpaired) electrons. The van der Waals surface area contributed by atoms with E-state index in [2.05, 4.69) is 0 Å². The molecular weight excluding hydrogens is 415 g/mol. The number of piperidine rings is 1. The Balaban J connectivity index is 1.77. The van der Waals surface area contributed by atoms with E-state index in [1.807, 2.05) is 6.07 Å². The molecule has 8 heteroatoms. The third-order valence-electron chi connectivity index (χ3n) is 5.95. The van der Waals surface area contributed by atoms with Crippen LogP contribution in [0.5, 0.6) is 0 Å². The van der Waals surface area contributed by atoms with Gasteiger partial charge in [0.1, 0.15) is 0 Å². The van der Waals surface area contributed by atoms with Gasteiger partial charge in [-0.2, -0.15) is 13.2 Å². The molecule has 2 aromatic rings. The minimum absolute atomic E-state index is 0.104. The molecule has 162 valence electrons. The van der Waals surface area contributed by atoms with Crippen molar-refractivity contribution in [2.24, 2.45) is 5.92 Å². The van der Waals surface area contributed by atoms with Crippen LogP contribution in [0.1, 0.15) is 42.6 Å². The third-order valence-corrected chi connectivity index (χ3v) is 8.54. The minimum Gasteiger partial charge on any atom is -0.339 e. The van der Waals surface area contributed by atoms with E-state index in [0.29, 0.717) is 37.6 Å². The number of hydrogen-bond donors (Lipinski definition) is 0. The second-order valence-electron chi connectivity index (χ2n) is 8.06. The molecule has 1 fully saturated rings. The standard InChI is InChI=1S/C22H24F3NO3S/c1-21(2,30(28,29)19-10-6-9-18(15-19)22(23,24)25)17-11-13-26(14-12-17)20(27)16-7-4-3-5-8-16/h3-10,15,17H,11-14H2,1-2H3. The fraction of sp³-hybridized carbons (Fsp3) is 0.409. The van der Waals surface area contributed by atoms with Crippen LogP contribution in [0.25, 0.3) is 0 Å². The Kier molecular flexibility index (Phi) is 6.00. The number of alkyl halides is 3. The van der Waals surface area contributed by atoms with Crippen molar-refractivity contribution >= 4 is 15.7 Å². The minimum atomic E-state index is -4.61. The molecule has 30 heavy (non-hydrogen) atoms. The summed E-state index contributed by atoms with van der Waals surface area (Å²) in [5, 5.41) is 0. The number of benzene rings is 2. The maximum Gasteiger partial charge on any atom is 0.416 e. The normalized spacial score (nSPS) is 16.5. The average molecular weight is 439 g/mol. The van der Waals surface area contributed by atoms with Crippen LogP contribution in [0.4, 0.5) is 13.2 Å². The Morgan fingerprint density at radius 3 is 2.13 bits per heavy atom. The van der Waals surface area contributed by atoms with Crippen LogP contribution in [-0.2, 0) is 16.0 Å². The number of hydrogen-bond acceptors (Lipinski definition) is 3. The number of likely N-dealkylation sites (tertiary alicyclic amines) is 1. The van der Waals surface area contributed by atoms with Crippen molar-refractivity contribution < 1.29 is 26.4 Å². The number of amides is 1. The van der Waals surface area contributed by atoms with Gasteiger partial charge in [-0.3, -0.25) is 4.79 Å². The van der Waals surface area contributed by atoms with Gasteiger partial charge in [0.15, 0.2) is 9.84 Å². The van der Waals surface area contributed by atoms with E-state index in [1.165, 1.54) is 6.07 Å². The van der Waals surface area contributed by atoms with Gasteiger partial charge in [0, 0.05) is 18.7 Å². The largest absolute Gasteiger partial charge is 0.416 e. The molecule has 3 rings (SSSR count). The Morgan fingerprint density at radius 1 is 0.967 bits per heavy atom. The summed E-state index contributed by atoms with van der Waals surface area (Å²) in [6.07, 6.45) is -3.69. The van der Waals surface area contributed by atoms with E-state index < -0.39 is 26.3 Å². The molecular formula is C22H24F3NO3S. The maximum atomic E-state index is 13.2. The van der Waals surface area contributed by atoms with Gasteiger partial charge in [-0.05, 0) is 62.9 Å². The van der Waals surface area contributed by atoms with Crippen molar-refractivity contribution in [1.29, 1.82) is 0 Å². The lowest BCUT2D eigenvalue weighted by molar-refractivity contribution is -0.137. The first-order valence-corrected chi connectivity index (χ1v) is 11.2. The summed E-state index contributed by atoms with van der Waals surface area (Å²) in [7, 11) is -4.01. The van der Waals surface area contributed by atoms with Gasteiger partial charge in [-0.1, -0.05) is 24.3 Å². The first-order valence-electron chi connectivity index (χ1n) is 9.71. The zero-order chi connectivity index (χ0) is 22.2. The van der Waals surface area contributed by atoms with Crippen molar-refractivity contribution in [1.82, 2.24) is 4.90 Å². The van der Waals surface area contributed by atoms with Gasteiger partial charge in [0.05, 0.1) is 15.2 Å². The molecule has 0 atom stereocenters. The van der Waals surface area contributed by atoms with Crippen LogP contribution < -0.4 is 0 Å². The molecule has 0 aromatic heterocycles. The average Bonchev–Trinajstić information content (AvgIpc) is 2.73. The number of nitrogens with zero attached hydrogens (tertiary/aromatic N) is 1. The number of halogens is 3. The quantitative estimate of drug-likeness (QED) is 0.687. The van der Waals surface area contributed by atoms with E-state index in [-0.39, 0.29) is 16.7 Å². The topological polar surface area (TPSA) is 54.5 Å². The summed E-state index contributed by atoms with van der Waals surface area (Å²) in [6.45, 7) is 3.92. The summed E-state index contributed by atoms with van der Waals surface area (Å²) in [4.78, 5) is 14.0. The fourth-order valence-corrected chi connectivity index (χ4v) is 5.73.